The second-order valence-corrected chi connectivity index (χ2v) is 7.12. The first-order chi connectivity index (χ1) is 12.2. The van der Waals surface area contributed by atoms with Crippen molar-refractivity contribution >= 4 is 23.0 Å². The van der Waals surface area contributed by atoms with Crippen LogP contribution in [-0.4, -0.2) is 16.1 Å². The van der Waals surface area contributed by atoms with Crippen LogP contribution >= 0.6 is 12.2 Å². The molecule has 1 aromatic carbocycles. The predicted octanol–water partition coefficient (Wildman–Crippen LogP) is 5.55. The normalized spacial score (nSPS) is 14.6. The highest BCUT2D eigenvalue weighted by atomic mass is 32.1. The summed E-state index contributed by atoms with van der Waals surface area (Å²) in [4.78, 5) is 2.33. The molecule has 3 nitrogen and oxygen atoms in total. The first-order valence-corrected chi connectivity index (χ1v) is 9.84. The van der Waals surface area contributed by atoms with Crippen LogP contribution in [0.25, 0.3) is 0 Å². The quantitative estimate of drug-likeness (QED) is 0.687. The number of rotatable bonds is 6. The Morgan fingerprint density at radius 1 is 1.12 bits per heavy atom. The Kier molecular flexibility index (Phi) is 6.14. The van der Waals surface area contributed by atoms with Crippen LogP contribution in [0.5, 0.6) is 0 Å². The van der Waals surface area contributed by atoms with Crippen molar-refractivity contribution in [3.8, 4) is 0 Å². The highest BCUT2D eigenvalue weighted by Crippen LogP contribution is 2.28. The molecule has 25 heavy (non-hydrogen) atoms. The SMILES string of the molecule is CCc1cccc(CC)c1NC(=S)N(Cc1ccco1)C1CCCC1. The van der Waals surface area contributed by atoms with E-state index in [-0.39, 0.29) is 0 Å². The largest absolute Gasteiger partial charge is 0.467 e. The first-order valence-electron chi connectivity index (χ1n) is 9.43. The van der Waals surface area contributed by atoms with Crippen molar-refractivity contribution in [2.75, 3.05) is 5.32 Å². The molecule has 0 spiro atoms. The van der Waals surface area contributed by atoms with Crippen LogP contribution in [0.1, 0.15) is 56.4 Å². The Hall–Kier alpha value is -1.81. The van der Waals surface area contributed by atoms with Crippen LogP contribution < -0.4 is 5.32 Å². The fourth-order valence-electron chi connectivity index (χ4n) is 3.73. The lowest BCUT2D eigenvalue weighted by atomic mass is 10.0. The summed E-state index contributed by atoms with van der Waals surface area (Å²) >= 11 is 5.86. The summed E-state index contributed by atoms with van der Waals surface area (Å²) < 4.78 is 5.58. The molecule has 1 heterocycles. The minimum absolute atomic E-state index is 0.504. The van der Waals surface area contributed by atoms with Gasteiger partial charge in [-0.05, 0) is 61.2 Å². The number of nitrogens with one attached hydrogen (secondary N) is 1. The lowest BCUT2D eigenvalue weighted by Crippen LogP contribution is -2.41. The number of nitrogens with zero attached hydrogens (tertiary/aromatic N) is 1. The molecule has 0 amide bonds. The van der Waals surface area contributed by atoms with Gasteiger partial charge in [0.15, 0.2) is 5.11 Å². The number of hydrogen-bond donors (Lipinski definition) is 1. The number of anilines is 1. The number of thiocarbonyl (C=S) groups is 1. The van der Waals surface area contributed by atoms with Crippen molar-refractivity contribution in [3.05, 3.63) is 53.5 Å². The molecule has 3 rings (SSSR count). The van der Waals surface area contributed by atoms with E-state index in [4.69, 9.17) is 16.6 Å². The average Bonchev–Trinajstić information content (AvgIpc) is 3.33. The topological polar surface area (TPSA) is 28.4 Å². The summed E-state index contributed by atoms with van der Waals surface area (Å²) in [7, 11) is 0. The van der Waals surface area contributed by atoms with Gasteiger partial charge in [0.2, 0.25) is 0 Å². The Morgan fingerprint density at radius 2 is 1.80 bits per heavy atom. The molecule has 1 aromatic heterocycles. The summed E-state index contributed by atoms with van der Waals surface area (Å²) in [6.07, 6.45) is 8.72. The lowest BCUT2D eigenvalue weighted by Gasteiger charge is -2.32. The molecule has 1 aliphatic rings. The van der Waals surface area contributed by atoms with E-state index in [1.54, 1.807) is 6.26 Å². The van der Waals surface area contributed by atoms with Crippen LogP contribution in [0, 0.1) is 0 Å². The van der Waals surface area contributed by atoms with E-state index in [0.717, 1.165) is 30.3 Å². The predicted molar refractivity (Wildman–Crippen MR) is 108 cm³/mol. The third kappa shape index (κ3) is 4.24. The second kappa shape index (κ2) is 8.52. The zero-order valence-corrected chi connectivity index (χ0v) is 16.1. The van der Waals surface area contributed by atoms with Gasteiger partial charge in [-0.2, -0.15) is 0 Å². The number of furan rings is 1. The summed E-state index contributed by atoms with van der Waals surface area (Å²) in [5.41, 5.74) is 3.84. The van der Waals surface area contributed by atoms with E-state index in [1.165, 1.54) is 42.5 Å². The maximum atomic E-state index is 5.86. The molecular formula is C21H28N2OS. The molecule has 1 fully saturated rings. The molecular weight excluding hydrogens is 328 g/mol. The van der Waals surface area contributed by atoms with Crippen molar-refractivity contribution in [2.45, 2.75) is 65.0 Å². The van der Waals surface area contributed by atoms with Gasteiger partial charge in [0.05, 0.1) is 12.8 Å². The van der Waals surface area contributed by atoms with Crippen LogP contribution in [0.2, 0.25) is 0 Å². The van der Waals surface area contributed by atoms with E-state index in [2.05, 4.69) is 42.3 Å². The van der Waals surface area contributed by atoms with E-state index >= 15 is 0 Å². The zero-order chi connectivity index (χ0) is 17.6. The molecule has 1 saturated carbocycles. The molecule has 4 heteroatoms. The summed E-state index contributed by atoms with van der Waals surface area (Å²) in [6, 6.07) is 11.0. The minimum Gasteiger partial charge on any atom is -0.467 e. The van der Waals surface area contributed by atoms with Gasteiger partial charge in [-0.15, -0.1) is 0 Å². The molecule has 2 aromatic rings. The molecule has 0 saturated heterocycles. The van der Waals surface area contributed by atoms with Crippen molar-refractivity contribution in [1.82, 2.24) is 4.90 Å². The summed E-state index contributed by atoms with van der Waals surface area (Å²) in [5, 5.41) is 4.40. The summed E-state index contributed by atoms with van der Waals surface area (Å²) in [6.45, 7) is 5.13. The number of aryl methyl sites for hydroxylation is 2. The molecule has 0 unspecified atom stereocenters. The fraction of sp³-hybridized carbons (Fsp3) is 0.476. The van der Waals surface area contributed by atoms with Crippen molar-refractivity contribution in [2.24, 2.45) is 0 Å². The van der Waals surface area contributed by atoms with Crippen molar-refractivity contribution in [1.29, 1.82) is 0 Å². The molecule has 1 aliphatic carbocycles. The lowest BCUT2D eigenvalue weighted by molar-refractivity contribution is 0.286. The molecule has 0 radical (unpaired) electrons. The van der Waals surface area contributed by atoms with E-state index < -0.39 is 0 Å². The maximum Gasteiger partial charge on any atom is 0.174 e. The number of benzene rings is 1. The maximum absolute atomic E-state index is 5.86. The fourth-order valence-corrected chi connectivity index (χ4v) is 4.05. The van der Waals surface area contributed by atoms with Gasteiger partial charge in [-0.1, -0.05) is 44.9 Å². The Bertz CT molecular complexity index is 668. The Labute approximate surface area is 156 Å². The van der Waals surface area contributed by atoms with E-state index in [9.17, 15) is 0 Å². The monoisotopic (exact) mass is 356 g/mol. The van der Waals surface area contributed by atoms with Gasteiger partial charge in [-0.3, -0.25) is 0 Å². The second-order valence-electron chi connectivity index (χ2n) is 6.73. The third-order valence-corrected chi connectivity index (χ3v) is 5.50. The third-order valence-electron chi connectivity index (χ3n) is 5.16. The van der Waals surface area contributed by atoms with Crippen LogP contribution in [-0.2, 0) is 19.4 Å². The smallest absolute Gasteiger partial charge is 0.174 e. The number of hydrogen-bond acceptors (Lipinski definition) is 2. The molecule has 0 aliphatic heterocycles. The highest BCUT2D eigenvalue weighted by molar-refractivity contribution is 7.80. The van der Waals surface area contributed by atoms with Gasteiger partial charge in [0.25, 0.3) is 0 Å². The van der Waals surface area contributed by atoms with Gasteiger partial charge in [0.1, 0.15) is 5.76 Å². The van der Waals surface area contributed by atoms with Gasteiger partial charge >= 0.3 is 0 Å². The first kappa shape index (κ1) is 18.0. The minimum atomic E-state index is 0.504. The molecule has 0 atom stereocenters. The highest BCUT2D eigenvalue weighted by Gasteiger charge is 2.26. The average molecular weight is 357 g/mol. The van der Waals surface area contributed by atoms with E-state index in [0.29, 0.717) is 6.04 Å². The number of para-hydroxylation sites is 1. The van der Waals surface area contributed by atoms with Crippen LogP contribution in [0.3, 0.4) is 0 Å². The Morgan fingerprint density at radius 3 is 2.36 bits per heavy atom. The molecule has 0 bridgehead atoms. The molecule has 1 N–H and O–H groups in total. The standard InChI is InChI=1S/C21H28N2OS/c1-3-16-9-7-10-17(4-2)20(16)22-21(25)23(18-11-5-6-12-18)15-19-13-8-14-24-19/h7-10,13-14,18H,3-6,11-12,15H2,1-2H3,(H,22,25). The Balaban J connectivity index is 1.83. The van der Waals surface area contributed by atoms with Gasteiger partial charge in [-0.25, -0.2) is 0 Å². The van der Waals surface area contributed by atoms with Crippen molar-refractivity contribution in [3.63, 3.8) is 0 Å². The van der Waals surface area contributed by atoms with Gasteiger partial charge in [0, 0.05) is 11.7 Å². The van der Waals surface area contributed by atoms with Gasteiger partial charge < -0.3 is 14.6 Å². The van der Waals surface area contributed by atoms with E-state index in [1.807, 2.05) is 12.1 Å². The van der Waals surface area contributed by atoms with Crippen LogP contribution in [0.15, 0.2) is 41.0 Å². The zero-order valence-electron chi connectivity index (χ0n) is 15.3. The van der Waals surface area contributed by atoms with Crippen LogP contribution in [0.4, 0.5) is 5.69 Å². The summed E-state index contributed by atoms with van der Waals surface area (Å²) in [5.74, 6) is 0.968. The molecule has 134 valence electrons. The van der Waals surface area contributed by atoms with Crippen molar-refractivity contribution < 1.29 is 4.42 Å².